The van der Waals surface area contributed by atoms with E-state index < -0.39 is 0 Å². The second-order valence-corrected chi connectivity index (χ2v) is 4.64. The fraction of sp³-hybridized carbons (Fsp3) is 0.500. The van der Waals surface area contributed by atoms with Gasteiger partial charge in [0.25, 0.3) is 0 Å². The van der Waals surface area contributed by atoms with Gasteiger partial charge in [-0.2, -0.15) is 0 Å². The largest absolute Gasteiger partial charge is 0.399 e. The summed E-state index contributed by atoms with van der Waals surface area (Å²) in [6, 6.07) is 3.97. The molecule has 0 spiro atoms. The zero-order valence-electron chi connectivity index (χ0n) is 10.3. The molecule has 2 heterocycles. The second-order valence-electron chi connectivity index (χ2n) is 4.64. The van der Waals surface area contributed by atoms with Crippen molar-refractivity contribution in [1.29, 1.82) is 0 Å². The van der Waals surface area contributed by atoms with Crippen molar-refractivity contribution in [1.82, 2.24) is 9.88 Å². The molecule has 6 nitrogen and oxygen atoms in total. The van der Waals surface area contributed by atoms with Crippen molar-refractivity contribution in [2.24, 2.45) is 5.73 Å². The van der Waals surface area contributed by atoms with E-state index in [2.05, 4.69) is 15.2 Å². The number of nitrogens with zero attached hydrogens (tertiary/aromatic N) is 2. The van der Waals surface area contributed by atoms with E-state index in [-0.39, 0.29) is 5.91 Å². The number of rotatable bonds is 4. The van der Waals surface area contributed by atoms with Gasteiger partial charge in [-0.05, 0) is 18.9 Å². The number of carbonyl (C=O) groups excluding carboxylic acids is 1. The molecular formula is C12H19N5O. The lowest BCUT2D eigenvalue weighted by Gasteiger charge is -2.31. The predicted molar refractivity (Wildman–Crippen MR) is 70.9 cm³/mol. The van der Waals surface area contributed by atoms with Gasteiger partial charge in [-0.15, -0.1) is 0 Å². The van der Waals surface area contributed by atoms with Crippen LogP contribution < -0.4 is 16.8 Å². The van der Waals surface area contributed by atoms with Crippen LogP contribution in [0.15, 0.2) is 18.3 Å². The number of amides is 1. The molecular weight excluding hydrogens is 230 g/mol. The van der Waals surface area contributed by atoms with Crippen LogP contribution in [0, 0.1) is 0 Å². The standard InChI is InChI=1S/C12H19N5O/c13-9-1-4-15-12(7-9)16-10-2-5-17(6-3-10)8-11(14)18/h1,4,7,10H,2-3,5-6,8H2,(H2,14,18)(H3,13,15,16). The minimum absolute atomic E-state index is 0.265. The molecule has 0 bridgehead atoms. The van der Waals surface area contributed by atoms with Crippen LogP contribution in [0.4, 0.5) is 11.5 Å². The van der Waals surface area contributed by atoms with Crippen molar-refractivity contribution >= 4 is 17.4 Å². The number of nitrogens with one attached hydrogen (secondary N) is 1. The quantitative estimate of drug-likeness (QED) is 0.699. The third-order valence-corrected chi connectivity index (χ3v) is 3.10. The molecule has 1 amide bonds. The fourth-order valence-corrected chi connectivity index (χ4v) is 2.19. The van der Waals surface area contributed by atoms with Gasteiger partial charge in [-0.1, -0.05) is 0 Å². The van der Waals surface area contributed by atoms with E-state index in [1.807, 2.05) is 6.07 Å². The van der Waals surface area contributed by atoms with Crippen molar-refractivity contribution in [3.05, 3.63) is 18.3 Å². The molecule has 0 radical (unpaired) electrons. The van der Waals surface area contributed by atoms with Gasteiger partial charge in [0.1, 0.15) is 5.82 Å². The summed E-state index contributed by atoms with van der Waals surface area (Å²) in [6.45, 7) is 2.11. The van der Waals surface area contributed by atoms with Crippen LogP contribution in [0.25, 0.3) is 0 Å². The first-order chi connectivity index (χ1) is 8.63. The summed E-state index contributed by atoms with van der Waals surface area (Å²) < 4.78 is 0. The Hall–Kier alpha value is -1.82. The second kappa shape index (κ2) is 5.68. The number of hydrogen-bond acceptors (Lipinski definition) is 5. The topological polar surface area (TPSA) is 97.3 Å². The molecule has 1 aromatic rings. The van der Waals surface area contributed by atoms with Gasteiger partial charge in [-0.3, -0.25) is 9.69 Å². The molecule has 18 heavy (non-hydrogen) atoms. The van der Waals surface area contributed by atoms with E-state index in [0.717, 1.165) is 31.7 Å². The van der Waals surface area contributed by atoms with Crippen molar-refractivity contribution in [3.8, 4) is 0 Å². The lowest BCUT2D eigenvalue weighted by atomic mass is 10.1. The first kappa shape index (κ1) is 12.6. The van der Waals surface area contributed by atoms with E-state index in [1.165, 1.54) is 0 Å². The summed E-state index contributed by atoms with van der Waals surface area (Å²) in [5, 5.41) is 3.36. The van der Waals surface area contributed by atoms with Gasteiger partial charge in [0.05, 0.1) is 6.54 Å². The van der Waals surface area contributed by atoms with Crippen molar-refractivity contribution < 1.29 is 4.79 Å². The average molecular weight is 249 g/mol. The van der Waals surface area contributed by atoms with Crippen LogP contribution >= 0.6 is 0 Å². The first-order valence-electron chi connectivity index (χ1n) is 6.12. The summed E-state index contributed by atoms with van der Waals surface area (Å²) >= 11 is 0. The molecule has 0 saturated carbocycles. The van der Waals surface area contributed by atoms with Crippen LogP contribution in [-0.4, -0.2) is 41.5 Å². The van der Waals surface area contributed by atoms with Crippen LogP contribution in [0.3, 0.4) is 0 Å². The van der Waals surface area contributed by atoms with Gasteiger partial charge >= 0.3 is 0 Å². The summed E-state index contributed by atoms with van der Waals surface area (Å²) in [4.78, 5) is 17.1. The average Bonchev–Trinajstić information content (AvgIpc) is 2.31. The normalized spacial score (nSPS) is 17.6. The summed E-state index contributed by atoms with van der Waals surface area (Å²) in [7, 11) is 0. The molecule has 98 valence electrons. The van der Waals surface area contributed by atoms with E-state index >= 15 is 0 Å². The lowest BCUT2D eigenvalue weighted by Crippen LogP contribution is -2.43. The number of likely N-dealkylation sites (tertiary alicyclic amines) is 1. The number of nitrogens with two attached hydrogens (primary N) is 2. The SMILES string of the molecule is NC(=O)CN1CCC(Nc2cc(N)ccn2)CC1. The molecule has 0 atom stereocenters. The van der Waals surface area contributed by atoms with Crippen molar-refractivity contribution in [2.75, 3.05) is 30.7 Å². The Bertz CT molecular complexity index is 415. The highest BCUT2D eigenvalue weighted by molar-refractivity contribution is 5.75. The molecule has 1 aliphatic rings. The van der Waals surface area contributed by atoms with E-state index in [0.29, 0.717) is 18.3 Å². The Labute approximate surface area is 106 Å². The third kappa shape index (κ3) is 3.59. The number of primary amides is 1. The Morgan fingerprint density at radius 1 is 1.50 bits per heavy atom. The fourth-order valence-electron chi connectivity index (χ4n) is 2.19. The number of hydrogen-bond donors (Lipinski definition) is 3. The summed E-state index contributed by atoms with van der Waals surface area (Å²) in [6.07, 6.45) is 3.65. The van der Waals surface area contributed by atoms with Gasteiger partial charge in [0, 0.05) is 37.1 Å². The monoisotopic (exact) mass is 249 g/mol. The first-order valence-corrected chi connectivity index (χ1v) is 6.12. The number of pyridine rings is 1. The maximum absolute atomic E-state index is 10.8. The maximum atomic E-state index is 10.8. The summed E-state index contributed by atoms with van der Waals surface area (Å²) in [5.74, 6) is 0.544. The van der Waals surface area contributed by atoms with E-state index in [4.69, 9.17) is 11.5 Å². The maximum Gasteiger partial charge on any atom is 0.231 e. The highest BCUT2D eigenvalue weighted by Crippen LogP contribution is 2.16. The Morgan fingerprint density at radius 3 is 2.83 bits per heavy atom. The Balaban J connectivity index is 1.81. The van der Waals surface area contributed by atoms with Gasteiger partial charge in [0.15, 0.2) is 0 Å². The number of piperidine rings is 1. The van der Waals surface area contributed by atoms with Crippen LogP contribution in [-0.2, 0) is 4.79 Å². The Morgan fingerprint density at radius 2 is 2.22 bits per heavy atom. The molecule has 1 saturated heterocycles. The molecule has 2 rings (SSSR count). The molecule has 0 aromatic carbocycles. The zero-order chi connectivity index (χ0) is 13.0. The van der Waals surface area contributed by atoms with Gasteiger partial charge < -0.3 is 16.8 Å². The molecule has 6 heteroatoms. The highest BCUT2D eigenvalue weighted by atomic mass is 16.1. The zero-order valence-corrected chi connectivity index (χ0v) is 10.3. The van der Waals surface area contributed by atoms with E-state index in [1.54, 1.807) is 12.3 Å². The molecule has 5 N–H and O–H groups in total. The summed E-state index contributed by atoms with van der Waals surface area (Å²) in [5.41, 5.74) is 11.6. The minimum Gasteiger partial charge on any atom is -0.399 e. The molecule has 1 aromatic heterocycles. The van der Waals surface area contributed by atoms with Crippen LogP contribution in [0.1, 0.15) is 12.8 Å². The predicted octanol–water partition coefficient (Wildman–Crippen LogP) is 0.0254. The third-order valence-electron chi connectivity index (χ3n) is 3.10. The van der Waals surface area contributed by atoms with Crippen molar-refractivity contribution in [2.45, 2.75) is 18.9 Å². The Kier molecular flexibility index (Phi) is 3.99. The van der Waals surface area contributed by atoms with Crippen LogP contribution in [0.5, 0.6) is 0 Å². The number of carbonyl (C=O) groups is 1. The molecule has 1 aliphatic heterocycles. The van der Waals surface area contributed by atoms with Crippen molar-refractivity contribution in [3.63, 3.8) is 0 Å². The van der Waals surface area contributed by atoms with E-state index in [9.17, 15) is 4.79 Å². The lowest BCUT2D eigenvalue weighted by molar-refractivity contribution is -0.119. The highest BCUT2D eigenvalue weighted by Gasteiger charge is 2.20. The smallest absolute Gasteiger partial charge is 0.231 e. The number of aromatic nitrogens is 1. The molecule has 0 unspecified atom stereocenters. The molecule has 1 fully saturated rings. The molecule has 0 aliphatic carbocycles. The van der Waals surface area contributed by atoms with Gasteiger partial charge in [0.2, 0.25) is 5.91 Å². The number of nitrogen functional groups attached to an aromatic ring is 1. The number of anilines is 2. The minimum atomic E-state index is -0.265. The van der Waals surface area contributed by atoms with Crippen LogP contribution in [0.2, 0.25) is 0 Å². The van der Waals surface area contributed by atoms with Gasteiger partial charge in [-0.25, -0.2) is 4.98 Å².